The SMILES string of the molecule is C[C@@H]1C[C@@H](O)C2[C@]3(CCC[C@]2(C)C(=O)OC3)[C@@]12CCC1(CCOC1=O)O2. The molecule has 3 saturated heterocycles. The van der Waals surface area contributed by atoms with Gasteiger partial charge in [0.25, 0.3) is 0 Å². The van der Waals surface area contributed by atoms with E-state index in [1.807, 2.05) is 6.92 Å². The van der Waals surface area contributed by atoms with E-state index in [0.717, 1.165) is 25.7 Å². The van der Waals surface area contributed by atoms with Crippen LogP contribution in [0.1, 0.15) is 58.8 Å². The largest absolute Gasteiger partial charge is 0.465 e. The Morgan fingerprint density at radius 3 is 2.58 bits per heavy atom. The minimum absolute atomic E-state index is 0.0978. The lowest BCUT2D eigenvalue weighted by molar-refractivity contribution is -0.302. The van der Waals surface area contributed by atoms with E-state index in [4.69, 9.17) is 14.2 Å². The molecule has 5 rings (SSSR count). The van der Waals surface area contributed by atoms with Gasteiger partial charge in [0.1, 0.15) is 6.61 Å². The summed E-state index contributed by atoms with van der Waals surface area (Å²) in [7, 11) is 0. The van der Waals surface area contributed by atoms with Crippen molar-refractivity contribution in [1.82, 2.24) is 0 Å². The van der Waals surface area contributed by atoms with E-state index in [1.54, 1.807) is 0 Å². The summed E-state index contributed by atoms with van der Waals surface area (Å²) in [4.78, 5) is 25.1. The predicted octanol–water partition coefficient (Wildman–Crippen LogP) is 1.97. The van der Waals surface area contributed by atoms with Crippen LogP contribution in [0.15, 0.2) is 0 Å². The molecule has 144 valence electrons. The maximum Gasteiger partial charge on any atom is 0.338 e. The van der Waals surface area contributed by atoms with Crippen LogP contribution in [0.25, 0.3) is 0 Å². The number of ether oxygens (including phenoxy) is 3. The Labute approximate surface area is 153 Å². The average molecular weight is 364 g/mol. The molecule has 3 aliphatic heterocycles. The third-order valence-corrected chi connectivity index (χ3v) is 8.54. The van der Waals surface area contributed by atoms with Crippen molar-refractivity contribution in [3.8, 4) is 0 Å². The minimum Gasteiger partial charge on any atom is -0.465 e. The molecule has 2 bridgehead atoms. The Kier molecular flexibility index (Phi) is 3.28. The molecule has 3 heterocycles. The first-order chi connectivity index (χ1) is 12.3. The quantitative estimate of drug-likeness (QED) is 0.662. The number of aliphatic hydroxyl groups is 1. The summed E-state index contributed by atoms with van der Waals surface area (Å²) in [5, 5.41) is 11.1. The molecule has 0 aromatic carbocycles. The lowest BCUT2D eigenvalue weighted by Crippen LogP contribution is -2.73. The second kappa shape index (κ2) is 5.02. The predicted molar refractivity (Wildman–Crippen MR) is 90.0 cm³/mol. The summed E-state index contributed by atoms with van der Waals surface area (Å²) in [5.74, 6) is -0.504. The molecule has 1 N–H and O–H groups in total. The maximum atomic E-state index is 12.7. The number of carbonyl (C=O) groups is 2. The van der Waals surface area contributed by atoms with Gasteiger partial charge in [0.2, 0.25) is 0 Å². The van der Waals surface area contributed by atoms with E-state index in [0.29, 0.717) is 32.5 Å². The topological polar surface area (TPSA) is 82.1 Å². The van der Waals surface area contributed by atoms with E-state index in [1.165, 1.54) is 0 Å². The minimum atomic E-state index is -0.842. The summed E-state index contributed by atoms with van der Waals surface area (Å²) in [5.41, 5.74) is -2.47. The standard InChI is InChI=1S/C20H28O6/c1-12-10-13(21)14-17(2)4-3-5-18(14,11-25-15(17)22)20(12)7-6-19(26-20)8-9-24-16(19)23/h12-14,21H,3-11H2,1-2H3/t12-,13-,14?,17+,18-,19?,20-/m1/s1. The van der Waals surface area contributed by atoms with E-state index in [2.05, 4.69) is 6.92 Å². The number of carbonyl (C=O) groups excluding carboxylic acids is 2. The van der Waals surface area contributed by atoms with Gasteiger partial charge < -0.3 is 19.3 Å². The Balaban J connectivity index is 1.64. The first-order valence-electron chi connectivity index (χ1n) is 10.0. The first kappa shape index (κ1) is 17.0. The highest BCUT2D eigenvalue weighted by Crippen LogP contribution is 2.70. The highest BCUT2D eigenvalue weighted by Gasteiger charge is 2.76. The molecule has 0 amide bonds. The van der Waals surface area contributed by atoms with Gasteiger partial charge in [0.05, 0.1) is 23.7 Å². The average Bonchev–Trinajstić information content (AvgIpc) is 3.16. The molecule has 0 aromatic heterocycles. The summed E-state index contributed by atoms with van der Waals surface area (Å²) in [6, 6.07) is 0. The Morgan fingerprint density at radius 1 is 1.04 bits per heavy atom. The molecule has 26 heavy (non-hydrogen) atoms. The van der Waals surface area contributed by atoms with Crippen molar-refractivity contribution in [2.45, 2.75) is 76.1 Å². The van der Waals surface area contributed by atoms with Crippen LogP contribution < -0.4 is 0 Å². The highest BCUT2D eigenvalue weighted by molar-refractivity contribution is 5.82. The van der Waals surface area contributed by atoms with Gasteiger partial charge in [-0.25, -0.2) is 4.79 Å². The van der Waals surface area contributed by atoms with Crippen molar-refractivity contribution in [2.75, 3.05) is 13.2 Å². The van der Waals surface area contributed by atoms with E-state index in [9.17, 15) is 14.7 Å². The molecule has 6 nitrogen and oxygen atoms in total. The number of rotatable bonds is 0. The highest BCUT2D eigenvalue weighted by atomic mass is 16.6. The lowest BCUT2D eigenvalue weighted by atomic mass is 9.42. The number of hydrogen-bond acceptors (Lipinski definition) is 6. The zero-order valence-corrected chi connectivity index (χ0v) is 15.6. The van der Waals surface area contributed by atoms with Gasteiger partial charge in [0.15, 0.2) is 5.60 Å². The van der Waals surface area contributed by atoms with E-state index >= 15 is 0 Å². The second-order valence-corrected chi connectivity index (χ2v) is 9.56. The van der Waals surface area contributed by atoms with Crippen molar-refractivity contribution >= 4 is 11.9 Å². The van der Waals surface area contributed by atoms with Crippen LogP contribution in [0.3, 0.4) is 0 Å². The summed E-state index contributed by atoms with van der Waals surface area (Å²) >= 11 is 0. The molecule has 7 atom stereocenters. The Hall–Kier alpha value is -1.14. The van der Waals surface area contributed by atoms with Crippen LogP contribution in [0, 0.1) is 22.7 Å². The van der Waals surface area contributed by atoms with Gasteiger partial charge in [-0.05, 0) is 44.9 Å². The molecule has 2 unspecified atom stereocenters. The third kappa shape index (κ3) is 1.71. The molecule has 2 spiro atoms. The molecule has 6 heteroatoms. The lowest BCUT2D eigenvalue weighted by Gasteiger charge is -2.67. The first-order valence-corrected chi connectivity index (χ1v) is 10.0. The third-order valence-electron chi connectivity index (χ3n) is 8.54. The molecular weight excluding hydrogens is 336 g/mol. The van der Waals surface area contributed by atoms with E-state index in [-0.39, 0.29) is 23.8 Å². The van der Waals surface area contributed by atoms with Crippen LogP contribution in [0.5, 0.6) is 0 Å². The van der Waals surface area contributed by atoms with Crippen molar-refractivity contribution in [3.63, 3.8) is 0 Å². The van der Waals surface area contributed by atoms with Gasteiger partial charge in [-0.15, -0.1) is 0 Å². The molecule has 5 fully saturated rings. The van der Waals surface area contributed by atoms with E-state index < -0.39 is 28.1 Å². The number of hydrogen-bond donors (Lipinski definition) is 1. The molecule has 0 aromatic rings. The van der Waals surface area contributed by atoms with Gasteiger partial charge >= 0.3 is 11.9 Å². The molecule has 5 aliphatic rings. The van der Waals surface area contributed by atoms with Crippen LogP contribution in [-0.2, 0) is 23.8 Å². The summed E-state index contributed by atoms with van der Waals surface area (Å²) in [6.07, 6.45) is 4.61. The number of aliphatic hydroxyl groups excluding tert-OH is 1. The fraction of sp³-hybridized carbons (Fsp3) is 0.900. The summed E-state index contributed by atoms with van der Waals surface area (Å²) in [6.45, 7) is 4.78. The van der Waals surface area contributed by atoms with Crippen molar-refractivity contribution in [3.05, 3.63) is 0 Å². The van der Waals surface area contributed by atoms with Crippen molar-refractivity contribution in [1.29, 1.82) is 0 Å². The van der Waals surface area contributed by atoms with Gasteiger partial charge in [-0.1, -0.05) is 13.3 Å². The molecule has 0 radical (unpaired) electrons. The Bertz CT molecular complexity index is 677. The van der Waals surface area contributed by atoms with Gasteiger partial charge in [0, 0.05) is 17.8 Å². The Morgan fingerprint density at radius 2 is 1.85 bits per heavy atom. The zero-order valence-electron chi connectivity index (χ0n) is 15.6. The fourth-order valence-electron chi connectivity index (χ4n) is 7.41. The fourth-order valence-corrected chi connectivity index (χ4v) is 7.41. The van der Waals surface area contributed by atoms with Crippen LogP contribution in [-0.4, -0.2) is 47.6 Å². The number of cyclic esters (lactones) is 2. The van der Waals surface area contributed by atoms with Crippen molar-refractivity contribution < 1.29 is 28.9 Å². The molecule has 2 saturated carbocycles. The van der Waals surface area contributed by atoms with Crippen LogP contribution >= 0.6 is 0 Å². The molecule has 2 aliphatic carbocycles. The van der Waals surface area contributed by atoms with Crippen LogP contribution in [0.4, 0.5) is 0 Å². The number of esters is 2. The summed E-state index contributed by atoms with van der Waals surface area (Å²) < 4.78 is 17.7. The monoisotopic (exact) mass is 364 g/mol. The molecular formula is C20H28O6. The van der Waals surface area contributed by atoms with Gasteiger partial charge in [-0.2, -0.15) is 0 Å². The van der Waals surface area contributed by atoms with Gasteiger partial charge in [-0.3, -0.25) is 4.79 Å². The van der Waals surface area contributed by atoms with Crippen LogP contribution in [0.2, 0.25) is 0 Å². The maximum absolute atomic E-state index is 12.7. The van der Waals surface area contributed by atoms with Crippen molar-refractivity contribution in [2.24, 2.45) is 22.7 Å². The normalized spacial score (nSPS) is 55.7. The zero-order chi connectivity index (χ0) is 18.4. The second-order valence-electron chi connectivity index (χ2n) is 9.56. The smallest absolute Gasteiger partial charge is 0.338 e.